The number of hydrogen-bond donors (Lipinski definition) is 5. The molecule has 0 aromatic heterocycles. The lowest BCUT2D eigenvalue weighted by Crippen LogP contribution is -2.71. The SMILES string of the molecule is COCC(=O)N[C@H]1[C@H](O[C@H]2[C@@H](O)[C@@H](CO[Si](c3ccccc3)(c3ccccc3)C(C)(C)C)O[C@@H](O[C@H]3[C@H](O[C@@H]4O[C@@H](C)[C@@H](OCc5ccccc5)[C@@H](OCc5ccccc5)[C@@H]4OCc4ccccc4)[C@@H](NC(C)=O)[C@H](OCCCCCCCl)O[C@@H]3COCc3ccccc3)[C@@H]2O)O[C@H](COCc2ccccc2)[C@@H](O[C@@H]2O[C@@H](C)[C@@H](OCc3ccccc3)[C@@H](OCc3ccccc3)[C@@H]2OCc2ccccc2)[C@@H]1O. The fourth-order valence-corrected chi connectivity index (χ4v) is 23.8. The summed E-state index contributed by atoms with van der Waals surface area (Å²) in [6.45, 7) is 10.9. The Kier molecular flexibility index (Phi) is 40.9. The summed E-state index contributed by atoms with van der Waals surface area (Å²) in [6, 6.07) is 94.3. The second kappa shape index (κ2) is 54.2. The number of aliphatic hydroxyl groups is 3. The van der Waals surface area contributed by atoms with Crippen LogP contribution < -0.4 is 21.0 Å². The Labute approximate surface area is 839 Å². The van der Waals surface area contributed by atoms with Crippen molar-refractivity contribution in [3.05, 3.63) is 348 Å². The number of alkyl halides is 1. The van der Waals surface area contributed by atoms with Gasteiger partial charge in [-0.2, -0.15) is 0 Å². The van der Waals surface area contributed by atoms with Crippen molar-refractivity contribution in [1.29, 1.82) is 0 Å². The molecular weight excluding hydrogens is 1850 g/mol. The fraction of sp³-hybridized carbons (Fsp3) is 0.451. The molecule has 0 saturated carbocycles. The van der Waals surface area contributed by atoms with E-state index in [1.807, 2.05) is 317 Å². The van der Waals surface area contributed by atoms with Crippen LogP contribution in [0.25, 0.3) is 0 Å². The molecule has 5 saturated heterocycles. The number of rotatable bonds is 50. The van der Waals surface area contributed by atoms with E-state index in [0.717, 1.165) is 74.1 Å². The van der Waals surface area contributed by atoms with Gasteiger partial charge in [-0.3, -0.25) is 9.59 Å². The standard InChI is InChI=1S/C113H137ClN2O25Si/c1-76-98(126-66-81-46-24-12-25-47-81)104(128-68-83-50-28-14-29-51-83)106(130-70-85-54-32-16-33-55-85)111(133-76)138-100-90(72-123-64-79-42-20-10-21-43-79)137-109(93(96(100)120)116-92(118)75-122-7)141-103-95(119)89(74-132-142(113(4,5)6,87-58-36-18-37-59-87)88-60-38-19-39-61-88)135-110(97(103)121)139-101-91(73-124-65-80-44-22-11-23-45-80)136-108(125-63-41-9-8-40-62-114)94(115-78(3)117)102(101)140-112-107(131-71-86-56-34-17-35-57-86)105(129-69-84-52-30-15-31-53-84)99(77(2)134-112)127-67-82-48-26-13-27-49-82/h10-39,42-61,76-77,89-91,93-112,119-121H,8-9,40-41,62-75H2,1-7H3,(H,115,117)(H,116,118)/t76-,77-,89+,90+,91+,93+,94+,95-,96+,97+,98+,99+,100+,101+,102+,103-,104+,105+,106-,107-,108+,109-,110-,111-,112-/m0/s1. The number of hydrogen-bond acceptors (Lipinski definition) is 25. The minimum absolute atomic E-state index is 0.0291. The summed E-state index contributed by atoms with van der Waals surface area (Å²) in [6.07, 6.45) is -28.9. The van der Waals surface area contributed by atoms with E-state index in [0.29, 0.717) is 12.3 Å². The lowest BCUT2D eigenvalue weighted by atomic mass is 9.93. The topological polar surface area (TPSA) is 303 Å². The largest absolute Gasteiger partial charge is 0.405 e. The Morgan fingerprint density at radius 2 is 0.683 bits per heavy atom. The summed E-state index contributed by atoms with van der Waals surface area (Å²) in [5.41, 5.74) is 6.79. The van der Waals surface area contributed by atoms with E-state index in [4.69, 9.17) is 106 Å². The Balaban J connectivity index is 0.851. The number of halogens is 1. The molecule has 5 aliphatic rings. The van der Waals surface area contributed by atoms with Crippen LogP contribution in [0.5, 0.6) is 0 Å². The molecule has 2 amide bonds. The number of ether oxygens (including phenoxy) is 19. The van der Waals surface area contributed by atoms with E-state index < -0.39 is 192 Å². The number of nitrogens with one attached hydrogen (secondary N) is 2. The molecule has 10 aromatic rings. The average Bonchev–Trinajstić information content (AvgIpc) is 0.739. The van der Waals surface area contributed by atoms with E-state index in [1.165, 1.54) is 14.0 Å². The van der Waals surface area contributed by atoms with Crippen LogP contribution in [0, 0.1) is 0 Å². The second-order valence-corrected chi connectivity index (χ2v) is 42.4. The van der Waals surface area contributed by atoms with E-state index in [-0.39, 0.29) is 72.7 Å². The Morgan fingerprint density at radius 3 is 1.08 bits per heavy atom. The molecule has 760 valence electrons. The maximum atomic E-state index is 14.8. The third kappa shape index (κ3) is 29.1. The molecule has 142 heavy (non-hydrogen) atoms. The molecule has 5 aliphatic heterocycles. The van der Waals surface area contributed by atoms with Crippen molar-refractivity contribution in [2.45, 2.75) is 279 Å². The fourth-order valence-electron chi connectivity index (χ4n) is 19.1. The number of aliphatic hydroxyl groups excluding tert-OH is 3. The van der Waals surface area contributed by atoms with Gasteiger partial charge in [-0.25, -0.2) is 0 Å². The maximum Gasteiger partial charge on any atom is 0.261 e. The van der Waals surface area contributed by atoms with Crippen LogP contribution in [0.4, 0.5) is 0 Å². The zero-order valence-corrected chi connectivity index (χ0v) is 83.5. The summed E-state index contributed by atoms with van der Waals surface area (Å²) in [4.78, 5) is 29.3. The normalized spacial score (nSPS) is 28.0. The van der Waals surface area contributed by atoms with Crippen molar-refractivity contribution >= 4 is 42.1 Å². The number of benzene rings is 10. The Morgan fingerprint density at radius 1 is 0.338 bits per heavy atom. The van der Waals surface area contributed by atoms with Crippen molar-refractivity contribution in [1.82, 2.24) is 10.6 Å². The molecule has 29 heteroatoms. The van der Waals surface area contributed by atoms with E-state index in [1.54, 1.807) is 0 Å². The molecule has 0 unspecified atom stereocenters. The van der Waals surface area contributed by atoms with Crippen LogP contribution in [-0.2, 0) is 157 Å². The van der Waals surface area contributed by atoms with Crippen LogP contribution in [0.1, 0.15) is 112 Å². The van der Waals surface area contributed by atoms with Crippen LogP contribution in [-0.4, -0.2) is 235 Å². The number of amides is 2. The molecule has 0 spiro atoms. The van der Waals surface area contributed by atoms with Crippen LogP contribution in [0.2, 0.25) is 5.04 Å². The van der Waals surface area contributed by atoms with Crippen molar-refractivity contribution in [2.24, 2.45) is 0 Å². The molecule has 10 aromatic carbocycles. The molecule has 0 radical (unpaired) electrons. The summed E-state index contributed by atoms with van der Waals surface area (Å²) in [5, 5.41) is 49.3. The lowest BCUT2D eigenvalue weighted by molar-refractivity contribution is -0.390. The van der Waals surface area contributed by atoms with Gasteiger partial charge in [0.2, 0.25) is 11.8 Å². The van der Waals surface area contributed by atoms with Crippen molar-refractivity contribution < 1.29 is 119 Å². The summed E-state index contributed by atoms with van der Waals surface area (Å²) >= 11 is 6.24. The van der Waals surface area contributed by atoms with Gasteiger partial charge in [-0.05, 0) is 86.6 Å². The highest BCUT2D eigenvalue weighted by molar-refractivity contribution is 6.99. The number of methoxy groups -OCH3 is 1. The first-order valence-corrected chi connectivity index (χ1v) is 51.8. The smallest absolute Gasteiger partial charge is 0.261 e. The first-order chi connectivity index (χ1) is 69.3. The number of carbonyl (C=O) groups excluding carboxylic acids is 2. The van der Waals surface area contributed by atoms with E-state index in [9.17, 15) is 24.9 Å². The molecule has 0 aliphatic carbocycles. The maximum absolute atomic E-state index is 14.8. The van der Waals surface area contributed by atoms with Crippen LogP contribution in [0.15, 0.2) is 303 Å². The van der Waals surface area contributed by atoms with Gasteiger partial charge in [0.05, 0.1) is 84.9 Å². The molecule has 15 rings (SSSR count). The minimum atomic E-state index is -3.63. The van der Waals surface area contributed by atoms with Crippen molar-refractivity contribution in [3.8, 4) is 0 Å². The Bertz CT molecular complexity index is 5230. The predicted molar refractivity (Wildman–Crippen MR) is 535 cm³/mol. The first-order valence-electron chi connectivity index (χ1n) is 49.4. The van der Waals surface area contributed by atoms with Gasteiger partial charge in [-0.1, -0.05) is 337 Å². The van der Waals surface area contributed by atoms with Gasteiger partial charge in [0.15, 0.2) is 31.5 Å². The Hall–Kier alpha value is -9.27. The van der Waals surface area contributed by atoms with Gasteiger partial charge in [0.25, 0.3) is 8.32 Å². The molecule has 27 nitrogen and oxygen atoms in total. The highest BCUT2D eigenvalue weighted by atomic mass is 35.5. The second-order valence-electron chi connectivity index (χ2n) is 37.7. The zero-order valence-electron chi connectivity index (χ0n) is 81.7. The van der Waals surface area contributed by atoms with E-state index >= 15 is 0 Å². The average molecular weight is 1990 g/mol. The molecular formula is C113H137ClN2O25Si. The summed E-state index contributed by atoms with van der Waals surface area (Å²) in [5.74, 6) is -0.763. The third-order valence-electron chi connectivity index (χ3n) is 26.2. The molecule has 5 N–H and O–H groups in total. The van der Waals surface area contributed by atoms with Crippen LogP contribution >= 0.6 is 11.6 Å². The van der Waals surface area contributed by atoms with Crippen molar-refractivity contribution in [3.63, 3.8) is 0 Å². The monoisotopic (exact) mass is 1980 g/mol. The summed E-state index contributed by atoms with van der Waals surface area (Å²) in [7, 11) is -2.28. The van der Waals surface area contributed by atoms with Gasteiger partial charge in [0.1, 0.15) is 116 Å². The third-order valence-corrected chi connectivity index (χ3v) is 31.5. The zero-order chi connectivity index (χ0) is 99.0. The molecule has 0 bridgehead atoms. The van der Waals surface area contributed by atoms with E-state index in [2.05, 4.69) is 31.4 Å². The quantitative estimate of drug-likeness (QED) is 0.0134. The van der Waals surface area contributed by atoms with Gasteiger partial charge in [-0.15, -0.1) is 11.6 Å². The van der Waals surface area contributed by atoms with Gasteiger partial charge >= 0.3 is 0 Å². The summed E-state index contributed by atoms with van der Waals surface area (Å²) < 4.78 is 143. The van der Waals surface area contributed by atoms with Crippen molar-refractivity contribution in [2.75, 3.05) is 46.0 Å². The molecule has 25 atom stereocenters. The molecule has 5 heterocycles. The number of carbonyl (C=O) groups is 2. The van der Waals surface area contributed by atoms with Gasteiger partial charge < -0.3 is 120 Å². The van der Waals surface area contributed by atoms with Crippen LogP contribution in [0.3, 0.4) is 0 Å². The lowest BCUT2D eigenvalue weighted by Gasteiger charge is -2.52. The minimum Gasteiger partial charge on any atom is -0.405 e. The highest BCUT2D eigenvalue weighted by Gasteiger charge is 2.61. The highest BCUT2D eigenvalue weighted by Crippen LogP contribution is 2.43. The first kappa shape index (κ1) is 107. The predicted octanol–water partition coefficient (Wildman–Crippen LogP) is 14.2. The molecule has 5 fully saturated rings. The number of unbranched alkanes of at least 4 members (excludes halogenated alkanes) is 3. The van der Waals surface area contributed by atoms with Gasteiger partial charge in [0, 0.05) is 26.5 Å².